The first-order chi connectivity index (χ1) is 7.34. The van der Waals surface area contributed by atoms with E-state index in [1.807, 2.05) is 4.68 Å². The number of aryl methyl sites for hydroxylation is 1. The fourth-order valence-corrected chi connectivity index (χ4v) is 1.89. The molecule has 1 unspecified atom stereocenters. The molecule has 1 aromatic rings. The summed E-state index contributed by atoms with van der Waals surface area (Å²) in [4.78, 5) is 8.42. The summed E-state index contributed by atoms with van der Waals surface area (Å²) in [6, 6.07) is 0.372. The molecule has 15 heavy (non-hydrogen) atoms. The lowest BCUT2D eigenvalue weighted by atomic mass is 10.1. The molecule has 0 spiro atoms. The van der Waals surface area contributed by atoms with Crippen LogP contribution in [0.5, 0.6) is 0 Å². The predicted octanol–water partition coefficient (Wildman–Crippen LogP) is 0.968. The minimum atomic E-state index is 0.372. The topological polar surface area (TPSA) is 69.1 Å². The molecule has 1 atom stereocenters. The van der Waals surface area contributed by atoms with E-state index in [0.717, 1.165) is 31.6 Å². The molecule has 0 saturated heterocycles. The minimum absolute atomic E-state index is 0.372. The molecule has 0 fully saturated rings. The summed E-state index contributed by atoms with van der Waals surface area (Å²) >= 11 is 0. The Bertz CT molecular complexity index is 317. The fourth-order valence-electron chi connectivity index (χ4n) is 1.89. The number of hydrogen-bond acceptors (Lipinski definition) is 4. The molecule has 1 aliphatic rings. The highest BCUT2D eigenvalue weighted by atomic mass is 15.3. The van der Waals surface area contributed by atoms with Gasteiger partial charge >= 0.3 is 0 Å². The summed E-state index contributed by atoms with van der Waals surface area (Å²) in [5.41, 5.74) is 5.79. The van der Waals surface area contributed by atoms with Crippen LogP contribution in [0.2, 0.25) is 0 Å². The van der Waals surface area contributed by atoms with Crippen molar-refractivity contribution in [3.63, 3.8) is 0 Å². The highest BCUT2D eigenvalue weighted by Gasteiger charge is 2.11. The second-order valence-corrected chi connectivity index (χ2v) is 3.97. The number of nitrogens with zero attached hydrogens (tertiary/aromatic N) is 4. The molecule has 0 saturated carbocycles. The number of nitrogens with two attached hydrogens (primary N) is 1. The Morgan fingerprint density at radius 2 is 2.40 bits per heavy atom. The normalized spacial score (nSPS) is 22.1. The maximum Gasteiger partial charge on any atom is 0.137 e. The first kappa shape index (κ1) is 10.1. The van der Waals surface area contributed by atoms with Crippen molar-refractivity contribution in [1.82, 2.24) is 14.8 Å². The average molecular weight is 207 g/mol. The van der Waals surface area contributed by atoms with Crippen molar-refractivity contribution < 1.29 is 0 Å². The Morgan fingerprint density at radius 3 is 3.20 bits per heavy atom. The van der Waals surface area contributed by atoms with E-state index in [1.54, 1.807) is 12.7 Å². The Balaban J connectivity index is 1.85. The van der Waals surface area contributed by atoms with Gasteiger partial charge < -0.3 is 5.73 Å². The molecule has 1 aromatic heterocycles. The Labute approximate surface area is 89.4 Å². The smallest absolute Gasteiger partial charge is 0.137 e. The Morgan fingerprint density at radius 1 is 1.47 bits per heavy atom. The van der Waals surface area contributed by atoms with Gasteiger partial charge in [0.25, 0.3) is 0 Å². The van der Waals surface area contributed by atoms with Gasteiger partial charge in [-0.25, -0.2) is 4.98 Å². The molecular weight excluding hydrogens is 190 g/mol. The van der Waals surface area contributed by atoms with E-state index >= 15 is 0 Å². The standard InChI is InChI=1S/C10H17N5/c11-10-4-2-1-3-9(14-10)5-6-15-8-12-7-13-15/h7-9H,1-6H2,(H2,11,14). The second kappa shape index (κ2) is 4.91. The summed E-state index contributed by atoms with van der Waals surface area (Å²) in [5, 5.41) is 4.07. The van der Waals surface area contributed by atoms with Crippen molar-refractivity contribution in [3.8, 4) is 0 Å². The molecule has 2 rings (SSSR count). The molecule has 82 valence electrons. The third-order valence-corrected chi connectivity index (χ3v) is 2.73. The number of amidine groups is 1. The van der Waals surface area contributed by atoms with Crippen molar-refractivity contribution in [2.75, 3.05) is 0 Å². The van der Waals surface area contributed by atoms with Gasteiger partial charge in [-0.05, 0) is 19.3 Å². The zero-order valence-electron chi connectivity index (χ0n) is 8.84. The SMILES string of the molecule is NC1=NC(CCn2cncn2)CCCC1. The third-order valence-electron chi connectivity index (χ3n) is 2.73. The van der Waals surface area contributed by atoms with Crippen LogP contribution < -0.4 is 5.73 Å². The van der Waals surface area contributed by atoms with Crippen LogP contribution in [0.3, 0.4) is 0 Å². The van der Waals surface area contributed by atoms with E-state index in [-0.39, 0.29) is 0 Å². The van der Waals surface area contributed by atoms with Gasteiger partial charge in [-0.3, -0.25) is 9.67 Å². The maximum atomic E-state index is 5.79. The largest absolute Gasteiger partial charge is 0.387 e. The van der Waals surface area contributed by atoms with Gasteiger partial charge in [-0.2, -0.15) is 5.10 Å². The summed E-state index contributed by atoms with van der Waals surface area (Å²) in [7, 11) is 0. The van der Waals surface area contributed by atoms with Crippen LogP contribution in [0, 0.1) is 0 Å². The summed E-state index contributed by atoms with van der Waals surface area (Å²) in [5.74, 6) is 0.816. The zero-order chi connectivity index (χ0) is 10.5. The first-order valence-corrected chi connectivity index (χ1v) is 5.49. The lowest BCUT2D eigenvalue weighted by Gasteiger charge is -2.10. The molecule has 0 aromatic carbocycles. The van der Waals surface area contributed by atoms with Gasteiger partial charge in [0.2, 0.25) is 0 Å². The van der Waals surface area contributed by atoms with Gasteiger partial charge in [0.05, 0.1) is 11.9 Å². The van der Waals surface area contributed by atoms with Crippen LogP contribution in [0.1, 0.15) is 32.1 Å². The number of aliphatic imine (C=N–C) groups is 1. The molecule has 5 heteroatoms. The monoisotopic (exact) mass is 207 g/mol. The molecule has 2 N–H and O–H groups in total. The highest BCUT2D eigenvalue weighted by molar-refractivity contribution is 5.80. The third kappa shape index (κ3) is 3.04. The van der Waals surface area contributed by atoms with Crippen LogP contribution in [0.25, 0.3) is 0 Å². The lowest BCUT2D eigenvalue weighted by molar-refractivity contribution is 0.483. The van der Waals surface area contributed by atoms with Crippen LogP contribution in [0.4, 0.5) is 0 Å². The molecule has 2 heterocycles. The first-order valence-electron chi connectivity index (χ1n) is 5.49. The van der Waals surface area contributed by atoms with Crippen LogP contribution >= 0.6 is 0 Å². The number of hydrogen-bond donors (Lipinski definition) is 1. The Kier molecular flexibility index (Phi) is 3.32. The molecule has 0 aliphatic carbocycles. The lowest BCUT2D eigenvalue weighted by Crippen LogP contribution is -2.15. The van der Waals surface area contributed by atoms with Crippen molar-refractivity contribution in [3.05, 3.63) is 12.7 Å². The summed E-state index contributed by atoms with van der Waals surface area (Å²) in [6.45, 7) is 0.876. The van der Waals surface area contributed by atoms with E-state index in [2.05, 4.69) is 15.1 Å². The van der Waals surface area contributed by atoms with E-state index in [1.165, 1.54) is 12.8 Å². The van der Waals surface area contributed by atoms with Crippen LogP contribution in [-0.2, 0) is 6.54 Å². The van der Waals surface area contributed by atoms with Crippen molar-refractivity contribution in [2.45, 2.75) is 44.7 Å². The summed E-state index contributed by atoms with van der Waals surface area (Å²) in [6.07, 6.45) is 8.81. The number of aromatic nitrogens is 3. The predicted molar refractivity (Wildman–Crippen MR) is 58.5 cm³/mol. The van der Waals surface area contributed by atoms with Gasteiger partial charge in [-0.15, -0.1) is 0 Å². The molecule has 0 amide bonds. The van der Waals surface area contributed by atoms with Gasteiger partial charge in [-0.1, -0.05) is 6.42 Å². The maximum absolute atomic E-state index is 5.79. The van der Waals surface area contributed by atoms with Crippen LogP contribution in [0.15, 0.2) is 17.6 Å². The minimum Gasteiger partial charge on any atom is -0.387 e. The van der Waals surface area contributed by atoms with E-state index < -0.39 is 0 Å². The van der Waals surface area contributed by atoms with Crippen molar-refractivity contribution in [2.24, 2.45) is 10.7 Å². The average Bonchev–Trinajstić information content (AvgIpc) is 2.65. The van der Waals surface area contributed by atoms with Gasteiger partial charge in [0.15, 0.2) is 0 Å². The summed E-state index contributed by atoms with van der Waals surface area (Å²) < 4.78 is 1.84. The Hall–Kier alpha value is -1.39. The molecule has 0 radical (unpaired) electrons. The highest BCUT2D eigenvalue weighted by Crippen LogP contribution is 2.15. The number of rotatable bonds is 3. The van der Waals surface area contributed by atoms with Crippen molar-refractivity contribution >= 4 is 5.84 Å². The second-order valence-electron chi connectivity index (χ2n) is 3.97. The van der Waals surface area contributed by atoms with Crippen molar-refractivity contribution in [1.29, 1.82) is 0 Å². The quantitative estimate of drug-likeness (QED) is 0.802. The van der Waals surface area contributed by atoms with Gasteiger partial charge in [0, 0.05) is 13.0 Å². The van der Waals surface area contributed by atoms with E-state index in [4.69, 9.17) is 5.73 Å². The fraction of sp³-hybridized carbons (Fsp3) is 0.700. The zero-order valence-corrected chi connectivity index (χ0v) is 8.84. The molecule has 5 nitrogen and oxygen atoms in total. The van der Waals surface area contributed by atoms with Gasteiger partial charge in [0.1, 0.15) is 12.7 Å². The molecule has 1 aliphatic heterocycles. The van der Waals surface area contributed by atoms with E-state index in [0.29, 0.717) is 6.04 Å². The molecular formula is C10H17N5. The van der Waals surface area contributed by atoms with Crippen LogP contribution in [-0.4, -0.2) is 26.6 Å². The molecule has 0 bridgehead atoms. The van der Waals surface area contributed by atoms with E-state index in [9.17, 15) is 0 Å².